The number of imide groups is 1. The highest BCUT2D eigenvalue weighted by Crippen LogP contribution is 2.31. The van der Waals surface area contributed by atoms with E-state index in [0.29, 0.717) is 49.3 Å². The average Bonchev–Trinajstić information content (AvgIpc) is 3.40. The van der Waals surface area contributed by atoms with Crippen LogP contribution in [0.4, 0.5) is 16.4 Å². The molecule has 11 heteroatoms. The molecule has 4 fully saturated rings. The van der Waals surface area contributed by atoms with Crippen molar-refractivity contribution in [2.75, 3.05) is 36.4 Å². The lowest BCUT2D eigenvalue weighted by Crippen LogP contribution is -2.51. The van der Waals surface area contributed by atoms with Crippen LogP contribution in [0.3, 0.4) is 0 Å². The van der Waals surface area contributed by atoms with E-state index >= 15 is 0 Å². The Balaban J connectivity index is 1.29. The summed E-state index contributed by atoms with van der Waals surface area (Å²) in [6.07, 6.45) is 8.67. The van der Waals surface area contributed by atoms with Gasteiger partial charge in [0.2, 0.25) is 5.91 Å². The zero-order valence-corrected chi connectivity index (χ0v) is 18.2. The van der Waals surface area contributed by atoms with Crippen LogP contribution in [0.25, 0.3) is 11.7 Å². The zero-order valence-electron chi connectivity index (χ0n) is 18.2. The van der Waals surface area contributed by atoms with Gasteiger partial charge in [0.1, 0.15) is 17.3 Å². The number of nitrogens with one attached hydrogen (secondary N) is 3. The Morgan fingerprint density at radius 1 is 1.09 bits per heavy atom. The van der Waals surface area contributed by atoms with E-state index in [9.17, 15) is 14.4 Å². The molecule has 3 N–H and O–H groups in total. The van der Waals surface area contributed by atoms with Crippen LogP contribution in [-0.2, 0) is 9.59 Å². The maximum atomic E-state index is 12.6. The van der Waals surface area contributed by atoms with Gasteiger partial charge in [-0.2, -0.15) is 9.61 Å². The van der Waals surface area contributed by atoms with Crippen molar-refractivity contribution in [1.82, 2.24) is 30.1 Å². The summed E-state index contributed by atoms with van der Waals surface area (Å²) in [7, 11) is 0. The molecule has 2 saturated carbocycles. The molecule has 2 aliphatic carbocycles. The number of amides is 4. The summed E-state index contributed by atoms with van der Waals surface area (Å²) < 4.78 is 1.74. The largest absolute Gasteiger partial charge is 0.367 e. The van der Waals surface area contributed by atoms with Crippen LogP contribution in [0.5, 0.6) is 0 Å². The zero-order chi connectivity index (χ0) is 22.5. The van der Waals surface area contributed by atoms with E-state index in [1.54, 1.807) is 16.8 Å². The van der Waals surface area contributed by atoms with Crippen LogP contribution < -0.4 is 20.9 Å². The molecular formula is C22H26N8O3. The first-order chi connectivity index (χ1) is 16.0. The monoisotopic (exact) mass is 450 g/mol. The van der Waals surface area contributed by atoms with E-state index < -0.39 is 11.9 Å². The molecule has 2 aromatic heterocycles. The van der Waals surface area contributed by atoms with E-state index in [1.165, 1.54) is 0 Å². The van der Waals surface area contributed by atoms with Crippen LogP contribution in [0.15, 0.2) is 18.0 Å². The smallest absolute Gasteiger partial charge is 0.326 e. The third-order valence-electron chi connectivity index (χ3n) is 6.80. The Kier molecular flexibility index (Phi) is 4.70. The third-order valence-corrected chi connectivity index (χ3v) is 6.80. The second-order valence-corrected chi connectivity index (χ2v) is 9.16. The van der Waals surface area contributed by atoms with Crippen molar-refractivity contribution >= 4 is 41.2 Å². The first-order valence-electron chi connectivity index (χ1n) is 11.6. The van der Waals surface area contributed by atoms with E-state index in [1.807, 2.05) is 11.0 Å². The van der Waals surface area contributed by atoms with E-state index in [4.69, 9.17) is 4.98 Å². The number of fused-ring (bicyclic) bond motifs is 1. The van der Waals surface area contributed by atoms with Gasteiger partial charge in [0.25, 0.3) is 5.91 Å². The highest BCUT2D eigenvalue weighted by Gasteiger charge is 2.32. The Bertz CT molecular complexity index is 1170. The van der Waals surface area contributed by atoms with Crippen molar-refractivity contribution in [3.63, 3.8) is 0 Å². The van der Waals surface area contributed by atoms with Gasteiger partial charge in [0, 0.05) is 49.8 Å². The second-order valence-electron chi connectivity index (χ2n) is 9.16. The Labute approximate surface area is 190 Å². The predicted molar refractivity (Wildman–Crippen MR) is 120 cm³/mol. The fraction of sp³-hybridized carbons (Fsp3) is 0.500. The first-order valence-corrected chi connectivity index (χ1v) is 11.6. The van der Waals surface area contributed by atoms with Crippen molar-refractivity contribution < 1.29 is 14.4 Å². The summed E-state index contributed by atoms with van der Waals surface area (Å²) in [5.74, 6) is 1.69. The van der Waals surface area contributed by atoms with E-state index in [-0.39, 0.29) is 11.6 Å². The van der Waals surface area contributed by atoms with Gasteiger partial charge >= 0.3 is 6.03 Å². The van der Waals surface area contributed by atoms with E-state index in [0.717, 1.165) is 43.7 Å². The molecule has 0 spiro atoms. The quantitative estimate of drug-likeness (QED) is 0.457. The van der Waals surface area contributed by atoms with Gasteiger partial charge in [0.05, 0.1) is 6.20 Å². The molecule has 0 aromatic carbocycles. The van der Waals surface area contributed by atoms with Crippen molar-refractivity contribution in [2.45, 2.75) is 38.1 Å². The van der Waals surface area contributed by atoms with Crippen molar-refractivity contribution in [2.24, 2.45) is 5.92 Å². The minimum Gasteiger partial charge on any atom is -0.367 e. The minimum absolute atomic E-state index is 0.168. The lowest BCUT2D eigenvalue weighted by Gasteiger charge is -2.38. The SMILES string of the molecule is O=C1NC(=O)/C(=C/c2cnn3c(NC4CC4)cc(N4CCN(C(=O)C5CCC5)CC4)nc23)N1. The number of anilines is 2. The van der Waals surface area contributed by atoms with Crippen LogP contribution in [0.2, 0.25) is 0 Å². The molecule has 172 valence electrons. The van der Waals surface area contributed by atoms with Gasteiger partial charge < -0.3 is 20.4 Å². The number of hydrogen-bond acceptors (Lipinski definition) is 7. The number of hydrogen-bond donors (Lipinski definition) is 3. The van der Waals surface area contributed by atoms with Gasteiger partial charge in [-0.3, -0.25) is 14.9 Å². The van der Waals surface area contributed by atoms with Gasteiger partial charge in [-0.05, 0) is 31.8 Å². The normalized spacial score (nSPS) is 22.5. The second kappa shape index (κ2) is 7.75. The maximum absolute atomic E-state index is 12.6. The number of carbonyl (C=O) groups is 3. The molecular weight excluding hydrogens is 424 g/mol. The molecule has 0 bridgehead atoms. The van der Waals surface area contributed by atoms with E-state index in [2.05, 4.69) is 25.9 Å². The summed E-state index contributed by atoms with van der Waals surface area (Å²) in [5, 5.41) is 12.7. The molecule has 11 nitrogen and oxygen atoms in total. The molecule has 0 radical (unpaired) electrons. The Hall–Kier alpha value is -3.63. The lowest BCUT2D eigenvalue weighted by atomic mass is 9.84. The average molecular weight is 451 g/mol. The minimum atomic E-state index is -0.540. The molecule has 0 unspecified atom stereocenters. The Morgan fingerprint density at radius 3 is 2.52 bits per heavy atom. The maximum Gasteiger partial charge on any atom is 0.326 e. The topological polar surface area (TPSA) is 124 Å². The van der Waals surface area contributed by atoms with Gasteiger partial charge in [-0.25, -0.2) is 9.78 Å². The molecule has 2 aliphatic heterocycles. The summed E-state index contributed by atoms with van der Waals surface area (Å²) >= 11 is 0. The van der Waals surface area contributed by atoms with Crippen LogP contribution >= 0.6 is 0 Å². The van der Waals surface area contributed by atoms with Crippen LogP contribution in [0.1, 0.15) is 37.7 Å². The Morgan fingerprint density at radius 2 is 1.88 bits per heavy atom. The lowest BCUT2D eigenvalue weighted by molar-refractivity contribution is -0.138. The number of nitrogens with zero attached hydrogens (tertiary/aromatic N) is 5. The first kappa shape index (κ1) is 20.0. The summed E-state index contributed by atoms with van der Waals surface area (Å²) in [6.45, 7) is 2.81. The van der Waals surface area contributed by atoms with Crippen molar-refractivity contribution in [3.8, 4) is 0 Å². The summed E-state index contributed by atoms with van der Waals surface area (Å²) in [6, 6.07) is 1.89. The molecule has 0 atom stereocenters. The molecule has 4 heterocycles. The molecule has 4 aliphatic rings. The molecule has 4 amide bonds. The fourth-order valence-electron chi connectivity index (χ4n) is 4.48. The number of aromatic nitrogens is 3. The number of urea groups is 1. The highest BCUT2D eigenvalue weighted by molar-refractivity contribution is 6.14. The predicted octanol–water partition coefficient (Wildman–Crippen LogP) is 0.933. The number of piperazine rings is 1. The molecule has 33 heavy (non-hydrogen) atoms. The fourth-order valence-corrected chi connectivity index (χ4v) is 4.48. The van der Waals surface area contributed by atoms with Crippen LogP contribution in [0, 0.1) is 5.92 Å². The van der Waals surface area contributed by atoms with Gasteiger partial charge in [-0.15, -0.1) is 0 Å². The van der Waals surface area contributed by atoms with Crippen molar-refractivity contribution in [1.29, 1.82) is 0 Å². The molecule has 2 saturated heterocycles. The third kappa shape index (κ3) is 3.77. The number of rotatable bonds is 5. The van der Waals surface area contributed by atoms with Gasteiger partial charge in [0.15, 0.2) is 5.65 Å². The molecule has 2 aromatic rings. The summed E-state index contributed by atoms with van der Waals surface area (Å²) in [4.78, 5) is 45.1. The van der Waals surface area contributed by atoms with Gasteiger partial charge in [-0.1, -0.05) is 6.42 Å². The highest BCUT2D eigenvalue weighted by atomic mass is 16.2. The van der Waals surface area contributed by atoms with Crippen LogP contribution in [-0.4, -0.2) is 69.6 Å². The van der Waals surface area contributed by atoms with Crippen molar-refractivity contribution in [3.05, 3.63) is 23.5 Å². The molecule has 6 rings (SSSR count). The summed E-state index contributed by atoms with van der Waals surface area (Å²) in [5.41, 5.74) is 1.41. The number of carbonyl (C=O) groups excluding carboxylic acids is 3. The standard InChI is InChI=1S/C22H26N8O3/c31-20-16(25-22(33)27-20)10-14-12-23-30-18(24-15-4-5-15)11-17(26-19(14)30)28-6-8-29(9-7-28)21(32)13-2-1-3-13/h10-13,15,24H,1-9H2,(H2,25,27,31,33)/b16-10-.